The Balaban J connectivity index is 1.82. The van der Waals surface area contributed by atoms with Crippen molar-refractivity contribution in [2.45, 2.75) is 52.4 Å². The fraction of sp³-hybridized carbons (Fsp3) is 0.462. The molecule has 2 unspecified atom stereocenters. The third-order valence-electron chi connectivity index (χ3n) is 6.40. The average Bonchev–Trinajstić information content (AvgIpc) is 2.78. The van der Waals surface area contributed by atoms with Crippen molar-refractivity contribution in [3.63, 3.8) is 0 Å². The first kappa shape index (κ1) is 22.1. The molecule has 0 aromatic heterocycles. The van der Waals surface area contributed by atoms with Gasteiger partial charge in [-0.05, 0) is 63.1 Å². The Labute approximate surface area is 180 Å². The summed E-state index contributed by atoms with van der Waals surface area (Å²) in [6.45, 7) is 12.3. The van der Waals surface area contributed by atoms with Crippen LogP contribution >= 0.6 is 0 Å². The highest BCUT2D eigenvalue weighted by Gasteiger charge is 2.37. The molecule has 30 heavy (non-hydrogen) atoms. The first-order valence-electron chi connectivity index (χ1n) is 11.3. The van der Waals surface area contributed by atoms with Gasteiger partial charge in [-0.1, -0.05) is 24.3 Å². The van der Waals surface area contributed by atoms with Crippen LogP contribution in [0.4, 0.5) is 11.4 Å². The summed E-state index contributed by atoms with van der Waals surface area (Å²) in [6, 6.07) is 16.4. The Morgan fingerprint density at radius 1 is 0.633 bits per heavy atom. The lowest BCUT2D eigenvalue weighted by Crippen LogP contribution is -2.30. The second-order valence-corrected chi connectivity index (χ2v) is 7.98. The van der Waals surface area contributed by atoms with Gasteiger partial charge in [0.05, 0.1) is 11.8 Å². The van der Waals surface area contributed by atoms with E-state index in [1.54, 1.807) is 0 Å². The maximum Gasteiger partial charge on any atom is 0.148 e. The molecule has 2 atom stereocenters. The lowest BCUT2D eigenvalue weighted by molar-refractivity contribution is -0.132. The molecule has 0 heterocycles. The zero-order chi connectivity index (χ0) is 21.7. The predicted molar refractivity (Wildman–Crippen MR) is 125 cm³/mol. The maximum absolute atomic E-state index is 13.4. The Morgan fingerprint density at radius 2 is 0.967 bits per heavy atom. The highest BCUT2D eigenvalue weighted by atomic mass is 16.1. The number of anilines is 2. The number of rotatable bonds is 8. The van der Waals surface area contributed by atoms with Gasteiger partial charge < -0.3 is 9.80 Å². The van der Waals surface area contributed by atoms with Crippen LogP contribution in [-0.4, -0.2) is 37.7 Å². The van der Waals surface area contributed by atoms with Gasteiger partial charge in [-0.3, -0.25) is 9.59 Å². The van der Waals surface area contributed by atoms with Gasteiger partial charge in [0, 0.05) is 50.4 Å². The van der Waals surface area contributed by atoms with E-state index in [0.717, 1.165) is 48.7 Å². The quantitative estimate of drug-likeness (QED) is 0.606. The van der Waals surface area contributed by atoms with Gasteiger partial charge in [0.25, 0.3) is 0 Å². The second kappa shape index (κ2) is 9.92. The van der Waals surface area contributed by atoms with Gasteiger partial charge in [0.2, 0.25) is 0 Å². The molecule has 4 heteroatoms. The fourth-order valence-corrected chi connectivity index (χ4v) is 4.56. The lowest BCUT2D eigenvalue weighted by Gasteiger charge is -2.29. The van der Waals surface area contributed by atoms with Crippen LogP contribution in [-0.2, 0) is 9.59 Å². The van der Waals surface area contributed by atoms with E-state index in [2.05, 4.69) is 61.8 Å². The first-order chi connectivity index (χ1) is 14.5. The zero-order valence-corrected chi connectivity index (χ0v) is 18.7. The molecule has 160 valence electrons. The summed E-state index contributed by atoms with van der Waals surface area (Å²) in [5.74, 6) is -0.347. The third-order valence-corrected chi connectivity index (χ3v) is 6.40. The molecule has 2 aromatic carbocycles. The molecule has 2 aromatic rings. The first-order valence-corrected chi connectivity index (χ1v) is 11.3. The van der Waals surface area contributed by atoms with E-state index in [0.29, 0.717) is 12.8 Å². The van der Waals surface area contributed by atoms with E-state index in [9.17, 15) is 9.59 Å². The van der Waals surface area contributed by atoms with Crippen LogP contribution < -0.4 is 9.80 Å². The Morgan fingerprint density at radius 3 is 1.27 bits per heavy atom. The SMILES string of the molecule is CCN(CC)c1ccc(C2CC(=O)CC(c3ccc(N(CC)CC)cc3)C2=O)cc1. The minimum absolute atomic E-state index is 0.167. The molecule has 0 bridgehead atoms. The van der Waals surface area contributed by atoms with Crippen molar-refractivity contribution >= 4 is 22.9 Å². The van der Waals surface area contributed by atoms with Gasteiger partial charge in [-0.15, -0.1) is 0 Å². The molecule has 0 saturated heterocycles. The van der Waals surface area contributed by atoms with Crippen molar-refractivity contribution < 1.29 is 9.59 Å². The number of hydrogen-bond acceptors (Lipinski definition) is 4. The van der Waals surface area contributed by atoms with Crippen molar-refractivity contribution in [3.8, 4) is 0 Å². The van der Waals surface area contributed by atoms with Gasteiger partial charge >= 0.3 is 0 Å². The highest BCUT2D eigenvalue weighted by Crippen LogP contribution is 2.37. The third kappa shape index (κ3) is 4.58. The monoisotopic (exact) mass is 406 g/mol. The number of nitrogens with zero attached hydrogens (tertiary/aromatic N) is 2. The molecule has 0 spiro atoms. The molecule has 0 aliphatic heterocycles. The largest absolute Gasteiger partial charge is 0.372 e. The van der Waals surface area contributed by atoms with Crippen molar-refractivity contribution in [1.82, 2.24) is 0 Å². The number of hydrogen-bond donors (Lipinski definition) is 0. The highest BCUT2D eigenvalue weighted by molar-refractivity contribution is 6.02. The van der Waals surface area contributed by atoms with Gasteiger partial charge in [-0.25, -0.2) is 0 Å². The Bertz CT molecular complexity index is 780. The summed E-state index contributed by atoms with van der Waals surface area (Å²) in [5, 5.41) is 0. The summed E-state index contributed by atoms with van der Waals surface area (Å²) in [4.78, 5) is 30.5. The molecule has 1 fully saturated rings. The van der Waals surface area contributed by atoms with E-state index in [-0.39, 0.29) is 23.4 Å². The molecule has 0 N–H and O–H groups in total. The zero-order valence-electron chi connectivity index (χ0n) is 18.7. The topological polar surface area (TPSA) is 40.6 Å². The molecule has 1 aliphatic rings. The molecule has 1 saturated carbocycles. The summed E-state index contributed by atoms with van der Waals surface area (Å²) in [6.07, 6.45) is 0.634. The Kier molecular flexibility index (Phi) is 7.30. The van der Waals surface area contributed by atoms with Crippen molar-refractivity contribution in [3.05, 3.63) is 59.7 Å². The summed E-state index contributed by atoms with van der Waals surface area (Å²) in [7, 11) is 0. The lowest BCUT2D eigenvalue weighted by atomic mass is 9.73. The standard InChI is InChI=1S/C26H34N2O2/c1-5-27(6-2)21-13-9-19(10-14-21)24-17-23(29)18-25(26(24)30)20-11-15-22(16-12-20)28(7-3)8-4/h9-16,24-25H,5-8,17-18H2,1-4H3. The number of benzene rings is 2. The summed E-state index contributed by atoms with van der Waals surface area (Å²) < 4.78 is 0. The van der Waals surface area contributed by atoms with Crippen LogP contribution in [0.1, 0.15) is 63.5 Å². The molecular formula is C26H34N2O2. The van der Waals surface area contributed by atoms with Crippen LogP contribution in [0.2, 0.25) is 0 Å². The molecule has 3 rings (SSSR count). The average molecular weight is 407 g/mol. The smallest absolute Gasteiger partial charge is 0.148 e. The van der Waals surface area contributed by atoms with Crippen molar-refractivity contribution in [1.29, 1.82) is 0 Å². The number of Topliss-reactive ketones (excluding diaryl/α,β-unsaturated/α-hetero) is 2. The van der Waals surface area contributed by atoms with Crippen molar-refractivity contribution in [2.24, 2.45) is 0 Å². The summed E-state index contributed by atoms with van der Waals surface area (Å²) in [5.41, 5.74) is 4.21. The maximum atomic E-state index is 13.4. The second-order valence-electron chi connectivity index (χ2n) is 7.98. The van der Waals surface area contributed by atoms with E-state index in [1.165, 1.54) is 0 Å². The Hall–Kier alpha value is -2.62. The molecule has 4 nitrogen and oxygen atoms in total. The van der Waals surface area contributed by atoms with Crippen LogP contribution in [0.15, 0.2) is 48.5 Å². The van der Waals surface area contributed by atoms with Crippen LogP contribution in [0.5, 0.6) is 0 Å². The van der Waals surface area contributed by atoms with E-state index in [4.69, 9.17) is 0 Å². The van der Waals surface area contributed by atoms with Gasteiger partial charge in [-0.2, -0.15) is 0 Å². The molecule has 0 radical (unpaired) electrons. The number of carbonyl (C=O) groups excluding carboxylic acids is 2. The normalized spacial score (nSPS) is 19.1. The number of carbonyl (C=O) groups is 2. The summed E-state index contributed by atoms with van der Waals surface area (Å²) >= 11 is 0. The minimum Gasteiger partial charge on any atom is -0.372 e. The van der Waals surface area contributed by atoms with E-state index < -0.39 is 0 Å². The van der Waals surface area contributed by atoms with Gasteiger partial charge in [0.1, 0.15) is 11.6 Å². The molecule has 1 aliphatic carbocycles. The van der Waals surface area contributed by atoms with Crippen LogP contribution in [0.25, 0.3) is 0 Å². The molecule has 0 amide bonds. The number of ketones is 2. The van der Waals surface area contributed by atoms with Crippen molar-refractivity contribution in [2.75, 3.05) is 36.0 Å². The predicted octanol–water partition coefficient (Wildman–Crippen LogP) is 5.18. The minimum atomic E-state index is -0.343. The fourth-order valence-electron chi connectivity index (χ4n) is 4.56. The van der Waals surface area contributed by atoms with E-state index in [1.807, 2.05) is 24.3 Å². The van der Waals surface area contributed by atoms with Crippen LogP contribution in [0, 0.1) is 0 Å². The molecular weight excluding hydrogens is 372 g/mol. The van der Waals surface area contributed by atoms with E-state index >= 15 is 0 Å². The van der Waals surface area contributed by atoms with Gasteiger partial charge in [0.15, 0.2) is 0 Å². The van der Waals surface area contributed by atoms with Crippen LogP contribution in [0.3, 0.4) is 0 Å².